The number of rotatable bonds is 5. The van der Waals surface area contributed by atoms with Crippen LogP contribution in [0.25, 0.3) is 0 Å². The van der Waals surface area contributed by atoms with E-state index in [4.69, 9.17) is 4.52 Å². The lowest BCUT2D eigenvalue weighted by Gasteiger charge is -2.36. The van der Waals surface area contributed by atoms with Crippen molar-refractivity contribution in [3.8, 4) is 0 Å². The van der Waals surface area contributed by atoms with Gasteiger partial charge in [-0.2, -0.15) is 0 Å². The maximum absolute atomic E-state index is 4.93. The third kappa shape index (κ3) is 4.38. The van der Waals surface area contributed by atoms with Gasteiger partial charge in [-0.25, -0.2) is 0 Å². The lowest BCUT2D eigenvalue weighted by Crippen LogP contribution is -2.52. The summed E-state index contributed by atoms with van der Waals surface area (Å²) in [7, 11) is 1.89. The maximum atomic E-state index is 4.93. The van der Waals surface area contributed by atoms with Crippen molar-refractivity contribution in [2.45, 2.75) is 44.7 Å². The molecule has 0 amide bonds. The Bertz CT molecular complexity index is 776. The first-order valence-corrected chi connectivity index (χ1v) is 10.3. The predicted molar refractivity (Wildman–Crippen MR) is 112 cm³/mol. The van der Waals surface area contributed by atoms with Gasteiger partial charge in [0.25, 0.3) is 0 Å². The minimum absolute atomic E-state index is 0.497. The van der Waals surface area contributed by atoms with E-state index >= 15 is 0 Å². The zero-order valence-corrected chi connectivity index (χ0v) is 17.1. The summed E-state index contributed by atoms with van der Waals surface area (Å²) < 4.78 is 4.93. The summed E-state index contributed by atoms with van der Waals surface area (Å²) in [6, 6.07) is 11.6. The molecule has 6 heteroatoms. The van der Waals surface area contributed by atoms with Crippen LogP contribution in [-0.4, -0.2) is 60.2 Å². The van der Waals surface area contributed by atoms with Gasteiger partial charge in [0.15, 0.2) is 5.96 Å². The van der Waals surface area contributed by atoms with Crippen LogP contribution in [0.3, 0.4) is 0 Å². The molecule has 2 aliphatic rings. The number of nitrogens with one attached hydrogen (secondary N) is 1. The molecule has 2 atom stereocenters. The van der Waals surface area contributed by atoms with E-state index < -0.39 is 0 Å². The molecule has 2 fully saturated rings. The van der Waals surface area contributed by atoms with Gasteiger partial charge < -0.3 is 14.7 Å². The molecular weight excluding hydrogens is 350 g/mol. The standard InChI is InChI=1S/C22H31N5O/c1-16(2)17-4-6-18(7-5-17)20-14-21(20)24-22(23-3)27-11-9-26(10-12-27)15-19-8-13-28-25-19/h4-8,13,16,20-21H,9-12,14-15H2,1-3H3,(H,23,24). The molecule has 0 bridgehead atoms. The van der Waals surface area contributed by atoms with Crippen LogP contribution in [0.1, 0.15) is 48.9 Å². The second-order valence-electron chi connectivity index (χ2n) is 8.22. The lowest BCUT2D eigenvalue weighted by atomic mass is 10.0. The molecule has 1 saturated carbocycles. The van der Waals surface area contributed by atoms with Crippen LogP contribution < -0.4 is 5.32 Å². The van der Waals surface area contributed by atoms with Gasteiger partial charge in [-0.15, -0.1) is 0 Å². The summed E-state index contributed by atoms with van der Waals surface area (Å²) in [5.74, 6) is 2.22. The molecule has 1 aliphatic heterocycles. The zero-order chi connectivity index (χ0) is 19.5. The Morgan fingerprint density at radius 1 is 1.18 bits per heavy atom. The van der Waals surface area contributed by atoms with Crippen LogP contribution in [0.4, 0.5) is 0 Å². The van der Waals surface area contributed by atoms with Crippen LogP contribution in [-0.2, 0) is 6.54 Å². The van der Waals surface area contributed by atoms with Gasteiger partial charge in [0.1, 0.15) is 6.26 Å². The highest BCUT2D eigenvalue weighted by atomic mass is 16.5. The molecule has 2 aromatic rings. The Balaban J connectivity index is 1.27. The normalized spacial score (nSPS) is 23.3. The van der Waals surface area contributed by atoms with E-state index in [1.165, 1.54) is 17.5 Å². The van der Waals surface area contributed by atoms with E-state index in [-0.39, 0.29) is 0 Å². The Kier molecular flexibility index (Phi) is 5.67. The van der Waals surface area contributed by atoms with Crippen LogP contribution >= 0.6 is 0 Å². The molecule has 150 valence electrons. The average molecular weight is 382 g/mol. The number of piperazine rings is 1. The Morgan fingerprint density at radius 3 is 2.54 bits per heavy atom. The fourth-order valence-electron chi connectivity index (χ4n) is 3.98. The van der Waals surface area contributed by atoms with E-state index in [1.807, 2.05) is 13.1 Å². The Morgan fingerprint density at radius 2 is 1.93 bits per heavy atom. The third-order valence-electron chi connectivity index (χ3n) is 5.90. The van der Waals surface area contributed by atoms with Crippen LogP contribution in [0, 0.1) is 0 Å². The fraction of sp³-hybridized carbons (Fsp3) is 0.545. The minimum atomic E-state index is 0.497. The highest BCUT2D eigenvalue weighted by molar-refractivity contribution is 5.81. The number of hydrogen-bond acceptors (Lipinski definition) is 4. The largest absolute Gasteiger partial charge is 0.364 e. The number of benzene rings is 1. The topological polar surface area (TPSA) is 56.9 Å². The molecule has 1 aromatic heterocycles. The number of hydrogen-bond donors (Lipinski definition) is 1. The molecule has 2 unspecified atom stereocenters. The Labute approximate surface area is 167 Å². The molecule has 1 N–H and O–H groups in total. The van der Waals surface area contributed by atoms with Gasteiger partial charge in [0.05, 0.1) is 5.69 Å². The van der Waals surface area contributed by atoms with Gasteiger partial charge in [-0.05, 0) is 23.5 Å². The number of nitrogens with zero attached hydrogens (tertiary/aromatic N) is 4. The number of aromatic nitrogens is 1. The maximum Gasteiger partial charge on any atom is 0.193 e. The highest BCUT2D eigenvalue weighted by Crippen LogP contribution is 2.41. The minimum Gasteiger partial charge on any atom is -0.364 e. The molecule has 4 rings (SSSR count). The molecule has 1 aromatic carbocycles. The molecule has 28 heavy (non-hydrogen) atoms. The average Bonchev–Trinajstić information content (AvgIpc) is 3.30. The van der Waals surface area contributed by atoms with E-state index in [0.29, 0.717) is 17.9 Å². The molecule has 0 spiro atoms. The van der Waals surface area contributed by atoms with Crippen molar-refractivity contribution in [2.75, 3.05) is 33.2 Å². The smallest absolute Gasteiger partial charge is 0.193 e. The lowest BCUT2D eigenvalue weighted by molar-refractivity contribution is 0.169. The molecular formula is C22H31N5O. The number of guanidine groups is 1. The van der Waals surface area contributed by atoms with Gasteiger partial charge in [-0.3, -0.25) is 9.89 Å². The van der Waals surface area contributed by atoms with Gasteiger partial charge in [0, 0.05) is 57.8 Å². The monoisotopic (exact) mass is 381 g/mol. The number of aliphatic imine (C=N–C) groups is 1. The first kappa shape index (κ1) is 19.0. The summed E-state index contributed by atoms with van der Waals surface area (Å²) in [6.45, 7) is 9.33. The first-order chi connectivity index (χ1) is 13.6. The van der Waals surface area contributed by atoms with Crippen molar-refractivity contribution < 1.29 is 4.52 Å². The SMILES string of the molecule is CN=C(NC1CC1c1ccc(C(C)C)cc1)N1CCN(Cc2ccon2)CC1. The molecule has 1 aliphatic carbocycles. The van der Waals surface area contributed by atoms with Crippen LogP contribution in [0.15, 0.2) is 46.1 Å². The van der Waals surface area contributed by atoms with Crippen molar-refractivity contribution in [1.29, 1.82) is 0 Å². The second kappa shape index (κ2) is 8.35. The van der Waals surface area contributed by atoms with E-state index in [9.17, 15) is 0 Å². The van der Waals surface area contributed by atoms with E-state index in [1.54, 1.807) is 6.26 Å². The fourth-order valence-corrected chi connectivity index (χ4v) is 3.98. The van der Waals surface area contributed by atoms with Gasteiger partial charge in [0.2, 0.25) is 0 Å². The van der Waals surface area contributed by atoms with Crippen molar-refractivity contribution in [3.63, 3.8) is 0 Å². The van der Waals surface area contributed by atoms with Crippen molar-refractivity contribution in [2.24, 2.45) is 4.99 Å². The van der Waals surface area contributed by atoms with Crippen LogP contribution in [0.5, 0.6) is 0 Å². The van der Waals surface area contributed by atoms with Gasteiger partial charge in [-0.1, -0.05) is 43.3 Å². The van der Waals surface area contributed by atoms with Crippen molar-refractivity contribution in [3.05, 3.63) is 53.4 Å². The summed E-state index contributed by atoms with van der Waals surface area (Å²) >= 11 is 0. The molecule has 0 radical (unpaired) electrons. The summed E-state index contributed by atoms with van der Waals surface area (Å²) in [5.41, 5.74) is 3.85. The van der Waals surface area contributed by atoms with Gasteiger partial charge >= 0.3 is 0 Å². The second-order valence-corrected chi connectivity index (χ2v) is 8.22. The quantitative estimate of drug-likeness (QED) is 0.637. The molecule has 2 heterocycles. The summed E-state index contributed by atoms with van der Waals surface area (Å²) in [6.07, 6.45) is 2.83. The summed E-state index contributed by atoms with van der Waals surface area (Å²) in [5, 5.41) is 7.70. The zero-order valence-electron chi connectivity index (χ0n) is 17.1. The molecule has 6 nitrogen and oxygen atoms in total. The van der Waals surface area contributed by atoms with Crippen molar-refractivity contribution >= 4 is 5.96 Å². The first-order valence-electron chi connectivity index (χ1n) is 10.3. The van der Waals surface area contributed by atoms with E-state index in [2.05, 4.69) is 63.4 Å². The van der Waals surface area contributed by atoms with Crippen LogP contribution in [0.2, 0.25) is 0 Å². The van der Waals surface area contributed by atoms with E-state index in [0.717, 1.165) is 44.4 Å². The van der Waals surface area contributed by atoms with Crippen molar-refractivity contribution in [1.82, 2.24) is 20.3 Å². The predicted octanol–water partition coefficient (Wildman–Crippen LogP) is 3.05. The summed E-state index contributed by atoms with van der Waals surface area (Å²) in [4.78, 5) is 9.33. The third-order valence-corrected chi connectivity index (χ3v) is 5.90. The highest BCUT2D eigenvalue weighted by Gasteiger charge is 2.39. The Hall–Kier alpha value is -2.34. The molecule has 1 saturated heterocycles.